The number of rotatable bonds is 6. The summed E-state index contributed by atoms with van der Waals surface area (Å²) in [6, 6.07) is 9.99. The van der Waals surface area contributed by atoms with Gasteiger partial charge < -0.3 is 5.32 Å². The van der Waals surface area contributed by atoms with E-state index in [4.69, 9.17) is 23.2 Å². The van der Waals surface area contributed by atoms with Crippen molar-refractivity contribution < 1.29 is 13.2 Å². The Bertz CT molecular complexity index is 1190. The van der Waals surface area contributed by atoms with Crippen LogP contribution in [0.5, 0.6) is 0 Å². The molecule has 0 radical (unpaired) electrons. The molecule has 0 saturated heterocycles. The average molecular weight is 484 g/mol. The topological polar surface area (TPSA) is 79.4 Å². The van der Waals surface area contributed by atoms with E-state index in [1.54, 1.807) is 42.6 Å². The van der Waals surface area contributed by atoms with Crippen molar-refractivity contribution in [1.29, 1.82) is 0 Å². The van der Waals surface area contributed by atoms with Gasteiger partial charge in [0.2, 0.25) is 15.9 Å². The SMILES string of the molecule is Cc1ccc(NC(=O)Cc2csc(-c3c(Cl)cccc3Cl)n2)cc1S(=O)(=O)N(C)C. The van der Waals surface area contributed by atoms with Gasteiger partial charge in [-0.1, -0.05) is 35.3 Å². The van der Waals surface area contributed by atoms with Crippen molar-refractivity contribution in [2.75, 3.05) is 19.4 Å². The van der Waals surface area contributed by atoms with E-state index in [9.17, 15) is 13.2 Å². The van der Waals surface area contributed by atoms with Crippen LogP contribution in [0, 0.1) is 6.92 Å². The highest BCUT2D eigenvalue weighted by Gasteiger charge is 2.21. The number of hydrogen-bond acceptors (Lipinski definition) is 5. The van der Waals surface area contributed by atoms with E-state index in [1.807, 2.05) is 0 Å². The Hall–Kier alpha value is -1.97. The highest BCUT2D eigenvalue weighted by Crippen LogP contribution is 2.36. The maximum Gasteiger partial charge on any atom is 0.242 e. The van der Waals surface area contributed by atoms with Crippen LogP contribution < -0.4 is 5.32 Å². The Kier molecular flexibility index (Phi) is 6.84. The number of carbonyl (C=O) groups excluding carboxylic acids is 1. The zero-order valence-corrected chi connectivity index (χ0v) is 19.6. The van der Waals surface area contributed by atoms with Gasteiger partial charge in [0.25, 0.3) is 0 Å². The summed E-state index contributed by atoms with van der Waals surface area (Å²) in [5.41, 5.74) is 2.20. The molecule has 30 heavy (non-hydrogen) atoms. The van der Waals surface area contributed by atoms with Crippen LogP contribution in [0.25, 0.3) is 10.6 Å². The van der Waals surface area contributed by atoms with Crippen LogP contribution in [0.1, 0.15) is 11.3 Å². The van der Waals surface area contributed by atoms with Crippen LogP contribution in [0.15, 0.2) is 46.7 Å². The third-order valence-electron chi connectivity index (χ3n) is 4.30. The largest absolute Gasteiger partial charge is 0.326 e. The van der Waals surface area contributed by atoms with Gasteiger partial charge in [0, 0.05) is 30.7 Å². The number of sulfonamides is 1. The smallest absolute Gasteiger partial charge is 0.242 e. The van der Waals surface area contributed by atoms with Crippen LogP contribution in [0.4, 0.5) is 5.69 Å². The molecule has 3 rings (SSSR count). The van der Waals surface area contributed by atoms with Crippen LogP contribution in [0.3, 0.4) is 0 Å². The molecule has 158 valence electrons. The number of aromatic nitrogens is 1. The summed E-state index contributed by atoms with van der Waals surface area (Å²) >= 11 is 13.8. The Morgan fingerprint density at radius 2 is 1.83 bits per heavy atom. The number of thiazole rings is 1. The van der Waals surface area contributed by atoms with E-state index < -0.39 is 10.0 Å². The zero-order valence-electron chi connectivity index (χ0n) is 16.4. The average Bonchev–Trinajstić information content (AvgIpc) is 3.10. The van der Waals surface area contributed by atoms with Gasteiger partial charge in [-0.2, -0.15) is 0 Å². The third-order valence-corrected chi connectivity index (χ3v) is 7.80. The molecule has 2 aromatic carbocycles. The van der Waals surface area contributed by atoms with E-state index >= 15 is 0 Å². The first-order chi connectivity index (χ1) is 14.1. The van der Waals surface area contributed by atoms with Crippen molar-refractivity contribution in [1.82, 2.24) is 9.29 Å². The second-order valence-electron chi connectivity index (χ2n) is 6.73. The number of amides is 1. The number of nitrogens with one attached hydrogen (secondary N) is 1. The maximum atomic E-state index is 12.5. The molecule has 0 atom stereocenters. The Balaban J connectivity index is 1.77. The number of benzene rings is 2. The Morgan fingerprint density at radius 3 is 2.47 bits per heavy atom. The predicted octanol–water partition coefficient (Wildman–Crippen LogP) is 4.86. The third kappa shape index (κ3) is 4.84. The minimum Gasteiger partial charge on any atom is -0.326 e. The van der Waals surface area contributed by atoms with Crippen molar-refractivity contribution in [3.05, 3.63) is 63.1 Å². The van der Waals surface area contributed by atoms with Crippen LogP contribution in [-0.2, 0) is 21.2 Å². The van der Waals surface area contributed by atoms with Gasteiger partial charge in [-0.15, -0.1) is 11.3 Å². The number of carbonyl (C=O) groups is 1. The molecule has 0 aliphatic carbocycles. The van der Waals surface area contributed by atoms with E-state index in [2.05, 4.69) is 10.3 Å². The fraction of sp³-hybridized carbons (Fsp3) is 0.200. The van der Waals surface area contributed by atoms with E-state index in [1.165, 1.54) is 31.5 Å². The van der Waals surface area contributed by atoms with Crippen molar-refractivity contribution in [2.24, 2.45) is 0 Å². The standard InChI is InChI=1S/C20H19Cl2N3O3S2/c1-12-7-8-13(9-17(12)30(27,28)25(2)3)23-18(26)10-14-11-29-20(24-14)19-15(21)5-4-6-16(19)22/h4-9,11H,10H2,1-3H3,(H,23,26). The second kappa shape index (κ2) is 9.03. The van der Waals surface area contributed by atoms with Crippen molar-refractivity contribution in [3.63, 3.8) is 0 Å². The highest BCUT2D eigenvalue weighted by molar-refractivity contribution is 7.89. The molecule has 0 spiro atoms. The van der Waals surface area contributed by atoms with E-state index in [0.29, 0.717) is 37.6 Å². The molecule has 1 aromatic heterocycles. The van der Waals surface area contributed by atoms with Gasteiger partial charge in [0.05, 0.1) is 27.1 Å². The first-order valence-electron chi connectivity index (χ1n) is 8.81. The molecular weight excluding hydrogens is 465 g/mol. The normalized spacial score (nSPS) is 11.7. The van der Waals surface area contributed by atoms with Crippen molar-refractivity contribution >= 4 is 56.2 Å². The monoisotopic (exact) mass is 483 g/mol. The fourth-order valence-corrected chi connectivity index (χ4v) is 5.45. The second-order valence-corrected chi connectivity index (χ2v) is 10.5. The molecule has 0 aliphatic rings. The lowest BCUT2D eigenvalue weighted by Gasteiger charge is -2.15. The highest BCUT2D eigenvalue weighted by atomic mass is 35.5. The van der Waals surface area contributed by atoms with E-state index in [-0.39, 0.29) is 17.2 Å². The molecule has 0 aliphatic heterocycles. The van der Waals surface area contributed by atoms with Gasteiger partial charge in [0.15, 0.2) is 0 Å². The molecule has 1 amide bonds. The molecule has 10 heteroatoms. The lowest BCUT2D eigenvalue weighted by atomic mass is 10.2. The lowest BCUT2D eigenvalue weighted by molar-refractivity contribution is -0.115. The number of halogens is 2. The first kappa shape index (κ1) is 22.7. The van der Waals surface area contributed by atoms with Crippen LogP contribution >= 0.6 is 34.5 Å². The summed E-state index contributed by atoms with van der Waals surface area (Å²) in [6.45, 7) is 1.71. The summed E-state index contributed by atoms with van der Waals surface area (Å²) in [6.07, 6.45) is 0.0300. The molecule has 0 fully saturated rings. The van der Waals surface area contributed by atoms with Crippen molar-refractivity contribution in [3.8, 4) is 10.6 Å². The lowest BCUT2D eigenvalue weighted by Crippen LogP contribution is -2.23. The summed E-state index contributed by atoms with van der Waals surface area (Å²) in [5.74, 6) is -0.311. The van der Waals surface area contributed by atoms with Crippen LogP contribution in [0.2, 0.25) is 10.0 Å². The summed E-state index contributed by atoms with van der Waals surface area (Å²) < 4.78 is 26.1. The Labute approximate surface area is 189 Å². The van der Waals surface area contributed by atoms with Gasteiger partial charge in [-0.05, 0) is 36.8 Å². The number of hydrogen-bond donors (Lipinski definition) is 1. The summed E-state index contributed by atoms with van der Waals surface area (Å²) in [5, 5.41) is 6.10. The quantitative estimate of drug-likeness (QED) is 0.542. The van der Waals surface area contributed by atoms with E-state index in [0.717, 1.165) is 4.31 Å². The minimum absolute atomic E-state index is 0.0300. The van der Waals surface area contributed by atoms with Gasteiger partial charge in [-0.25, -0.2) is 17.7 Å². The van der Waals surface area contributed by atoms with Gasteiger partial charge in [0.1, 0.15) is 5.01 Å². The number of aryl methyl sites for hydroxylation is 1. The van der Waals surface area contributed by atoms with Gasteiger partial charge >= 0.3 is 0 Å². The summed E-state index contributed by atoms with van der Waals surface area (Å²) in [7, 11) is -0.687. The summed E-state index contributed by atoms with van der Waals surface area (Å²) in [4.78, 5) is 17.1. The zero-order chi connectivity index (χ0) is 22.1. The van der Waals surface area contributed by atoms with Crippen molar-refractivity contribution in [2.45, 2.75) is 18.2 Å². The fourth-order valence-electron chi connectivity index (χ4n) is 2.73. The number of nitrogens with zero attached hydrogens (tertiary/aromatic N) is 2. The first-order valence-corrected chi connectivity index (χ1v) is 11.9. The molecule has 0 saturated carbocycles. The molecule has 6 nitrogen and oxygen atoms in total. The molecule has 0 bridgehead atoms. The van der Waals surface area contributed by atoms with Gasteiger partial charge in [-0.3, -0.25) is 4.79 Å². The minimum atomic E-state index is -3.61. The maximum absolute atomic E-state index is 12.5. The molecule has 1 N–H and O–H groups in total. The predicted molar refractivity (Wildman–Crippen MR) is 122 cm³/mol. The van der Waals surface area contributed by atoms with Crippen LogP contribution in [-0.4, -0.2) is 37.7 Å². The molecule has 1 heterocycles. The number of anilines is 1. The molecule has 3 aromatic rings. The molecular formula is C20H19Cl2N3O3S2. The molecule has 0 unspecified atom stereocenters. The Morgan fingerprint density at radius 1 is 1.17 bits per heavy atom.